The van der Waals surface area contributed by atoms with Crippen LogP contribution in [0.4, 0.5) is 11.5 Å². The van der Waals surface area contributed by atoms with Crippen LogP contribution in [0.1, 0.15) is 37.6 Å². The van der Waals surface area contributed by atoms with Gasteiger partial charge in [0.05, 0.1) is 26.3 Å². The van der Waals surface area contributed by atoms with Crippen LogP contribution in [0.3, 0.4) is 0 Å². The van der Waals surface area contributed by atoms with E-state index < -0.39 is 6.04 Å². The van der Waals surface area contributed by atoms with Gasteiger partial charge in [-0.2, -0.15) is 5.10 Å². The summed E-state index contributed by atoms with van der Waals surface area (Å²) in [6.45, 7) is 4.04. The monoisotopic (exact) mass is 448 g/mol. The molecule has 2 N–H and O–H groups in total. The number of rotatable bonds is 8. The number of hydrogen-bond donors (Lipinski definition) is 2. The first kappa shape index (κ1) is 22.4. The van der Waals surface area contributed by atoms with Gasteiger partial charge in [0.25, 0.3) is 5.91 Å². The molecular formula is C25H28N4O4. The second kappa shape index (κ2) is 9.36. The number of nitrogens with zero attached hydrogens (tertiary/aromatic N) is 2. The molecule has 1 aliphatic heterocycles. The molecule has 8 nitrogen and oxygen atoms in total. The molecule has 33 heavy (non-hydrogen) atoms. The van der Waals surface area contributed by atoms with Gasteiger partial charge in [-0.3, -0.25) is 9.59 Å². The highest BCUT2D eigenvalue weighted by atomic mass is 16.5. The minimum Gasteiger partial charge on any atom is -0.493 e. The van der Waals surface area contributed by atoms with Crippen molar-refractivity contribution in [1.82, 2.24) is 9.78 Å². The van der Waals surface area contributed by atoms with Crippen molar-refractivity contribution < 1.29 is 19.1 Å². The second-order valence-corrected chi connectivity index (χ2v) is 7.81. The quantitative estimate of drug-likeness (QED) is 0.538. The van der Waals surface area contributed by atoms with Gasteiger partial charge in [-0.25, -0.2) is 4.68 Å². The number of aromatic nitrogens is 2. The lowest BCUT2D eigenvalue weighted by Crippen LogP contribution is -2.24. The average Bonchev–Trinajstić information content (AvgIpc) is 3.33. The Hall–Kier alpha value is -3.81. The molecule has 0 bridgehead atoms. The molecule has 2 heterocycles. The number of methoxy groups -OCH3 is 2. The Morgan fingerprint density at radius 1 is 1.09 bits per heavy atom. The number of anilines is 2. The molecule has 1 unspecified atom stereocenters. The maximum Gasteiger partial charge on any atom is 0.251 e. The summed E-state index contributed by atoms with van der Waals surface area (Å²) < 4.78 is 12.4. The Kier molecular flexibility index (Phi) is 6.35. The van der Waals surface area contributed by atoms with Gasteiger partial charge in [0.2, 0.25) is 5.91 Å². The molecule has 0 radical (unpaired) electrons. The van der Waals surface area contributed by atoms with E-state index >= 15 is 0 Å². The van der Waals surface area contributed by atoms with Crippen LogP contribution in [0.15, 0.2) is 42.5 Å². The number of ether oxygens (including phenoxy) is 2. The van der Waals surface area contributed by atoms with Crippen LogP contribution >= 0.6 is 0 Å². The Balaban J connectivity index is 1.64. The van der Waals surface area contributed by atoms with E-state index in [1.165, 1.54) is 0 Å². The fraction of sp³-hybridized carbons (Fsp3) is 0.320. The van der Waals surface area contributed by atoms with E-state index in [0.717, 1.165) is 34.5 Å². The first-order valence-corrected chi connectivity index (χ1v) is 11.0. The lowest BCUT2D eigenvalue weighted by molar-refractivity contribution is -0.123. The standard InChI is InChI=1S/C25H28N4O4/c1-5-15-9-7-8-10-18(15)26-22(30)14-19-25(31)27-24-23(17(6-2)28-29(19)24)16-11-12-20(32-3)21(13-16)33-4/h7-13,19H,5-6,14H2,1-4H3,(H,26,30)(H,27,31). The van der Waals surface area contributed by atoms with E-state index in [1.807, 2.05) is 56.3 Å². The summed E-state index contributed by atoms with van der Waals surface area (Å²) >= 11 is 0. The molecule has 0 aliphatic carbocycles. The lowest BCUT2D eigenvalue weighted by Gasteiger charge is -2.12. The number of aryl methyl sites for hydroxylation is 2. The Morgan fingerprint density at radius 2 is 1.85 bits per heavy atom. The summed E-state index contributed by atoms with van der Waals surface area (Å²) in [5, 5.41) is 10.6. The summed E-state index contributed by atoms with van der Waals surface area (Å²) in [5.41, 5.74) is 4.33. The first-order chi connectivity index (χ1) is 16.0. The van der Waals surface area contributed by atoms with Crippen molar-refractivity contribution in [2.24, 2.45) is 0 Å². The molecule has 1 aromatic heterocycles. The molecule has 0 spiro atoms. The van der Waals surface area contributed by atoms with Gasteiger partial charge in [-0.05, 0) is 42.2 Å². The summed E-state index contributed by atoms with van der Waals surface area (Å²) in [4.78, 5) is 25.6. The van der Waals surface area contributed by atoms with Crippen LogP contribution in [0, 0.1) is 0 Å². The van der Waals surface area contributed by atoms with Crippen LogP contribution in [-0.2, 0) is 22.4 Å². The van der Waals surface area contributed by atoms with Crippen molar-refractivity contribution in [1.29, 1.82) is 0 Å². The highest BCUT2D eigenvalue weighted by Gasteiger charge is 2.37. The van der Waals surface area contributed by atoms with Gasteiger partial charge in [-0.1, -0.05) is 38.1 Å². The molecular weight excluding hydrogens is 420 g/mol. The van der Waals surface area contributed by atoms with Crippen molar-refractivity contribution in [3.05, 3.63) is 53.7 Å². The van der Waals surface area contributed by atoms with Crippen molar-refractivity contribution in [3.63, 3.8) is 0 Å². The number of para-hydroxylation sites is 1. The topological polar surface area (TPSA) is 94.5 Å². The molecule has 2 aromatic carbocycles. The van der Waals surface area contributed by atoms with Crippen LogP contribution in [0.5, 0.6) is 11.5 Å². The number of carbonyl (C=O) groups excluding carboxylic acids is 2. The average molecular weight is 449 g/mol. The van der Waals surface area contributed by atoms with E-state index in [0.29, 0.717) is 23.7 Å². The number of amides is 2. The number of nitrogens with one attached hydrogen (secondary N) is 2. The van der Waals surface area contributed by atoms with Gasteiger partial charge < -0.3 is 20.1 Å². The Labute approximate surface area is 192 Å². The third-order valence-electron chi connectivity index (χ3n) is 5.88. The zero-order valence-corrected chi connectivity index (χ0v) is 19.3. The second-order valence-electron chi connectivity index (χ2n) is 7.81. The zero-order valence-electron chi connectivity index (χ0n) is 19.3. The van der Waals surface area contributed by atoms with Gasteiger partial charge in [-0.15, -0.1) is 0 Å². The number of fused-ring (bicyclic) bond motifs is 1. The van der Waals surface area contributed by atoms with E-state index in [-0.39, 0.29) is 18.2 Å². The number of hydrogen-bond acceptors (Lipinski definition) is 5. The third-order valence-corrected chi connectivity index (χ3v) is 5.88. The van der Waals surface area contributed by atoms with E-state index in [2.05, 4.69) is 10.6 Å². The fourth-order valence-corrected chi connectivity index (χ4v) is 4.19. The van der Waals surface area contributed by atoms with Gasteiger partial charge in [0.1, 0.15) is 11.9 Å². The molecule has 1 aliphatic rings. The normalized spacial score (nSPS) is 14.5. The molecule has 3 aromatic rings. The molecule has 2 amide bonds. The van der Waals surface area contributed by atoms with Crippen LogP contribution in [0.2, 0.25) is 0 Å². The predicted octanol–water partition coefficient (Wildman–Crippen LogP) is 4.21. The summed E-state index contributed by atoms with van der Waals surface area (Å²) in [6.07, 6.45) is 1.47. The minimum absolute atomic E-state index is 0.00686. The summed E-state index contributed by atoms with van der Waals surface area (Å²) in [6, 6.07) is 12.6. The van der Waals surface area contributed by atoms with E-state index in [9.17, 15) is 9.59 Å². The smallest absolute Gasteiger partial charge is 0.251 e. The van der Waals surface area contributed by atoms with Gasteiger partial charge >= 0.3 is 0 Å². The minimum atomic E-state index is -0.715. The maximum atomic E-state index is 12.8. The summed E-state index contributed by atoms with van der Waals surface area (Å²) in [5.74, 6) is 1.32. The Bertz CT molecular complexity index is 1200. The van der Waals surface area contributed by atoms with E-state index in [1.54, 1.807) is 18.9 Å². The SMILES string of the molecule is CCc1ccccc1NC(=O)CC1C(=O)Nc2c(-c3ccc(OC)c(OC)c3)c(CC)nn21. The van der Waals surface area contributed by atoms with Crippen LogP contribution in [0.25, 0.3) is 11.1 Å². The zero-order chi connectivity index (χ0) is 23.5. The van der Waals surface area contributed by atoms with Crippen molar-refractivity contribution in [2.45, 2.75) is 39.2 Å². The summed E-state index contributed by atoms with van der Waals surface area (Å²) in [7, 11) is 3.17. The molecule has 0 fully saturated rings. The van der Waals surface area contributed by atoms with Gasteiger partial charge in [0.15, 0.2) is 11.5 Å². The maximum absolute atomic E-state index is 12.8. The molecule has 1 atom stereocenters. The van der Waals surface area contributed by atoms with Crippen LogP contribution in [-0.4, -0.2) is 35.8 Å². The molecule has 4 rings (SSSR count). The van der Waals surface area contributed by atoms with E-state index in [4.69, 9.17) is 14.6 Å². The van der Waals surface area contributed by atoms with Crippen molar-refractivity contribution in [2.75, 3.05) is 24.9 Å². The van der Waals surface area contributed by atoms with Crippen LogP contribution < -0.4 is 20.1 Å². The molecule has 172 valence electrons. The lowest BCUT2D eigenvalue weighted by atomic mass is 10.0. The molecule has 0 saturated carbocycles. The largest absolute Gasteiger partial charge is 0.493 e. The van der Waals surface area contributed by atoms with Gasteiger partial charge in [0, 0.05) is 11.3 Å². The first-order valence-electron chi connectivity index (χ1n) is 11.0. The number of benzene rings is 2. The number of carbonyl (C=O) groups is 2. The molecule has 0 saturated heterocycles. The Morgan fingerprint density at radius 3 is 2.55 bits per heavy atom. The predicted molar refractivity (Wildman–Crippen MR) is 127 cm³/mol. The van der Waals surface area contributed by atoms with Crippen molar-refractivity contribution >= 4 is 23.3 Å². The third kappa shape index (κ3) is 4.16. The highest BCUT2D eigenvalue weighted by molar-refractivity contribution is 6.04. The molecule has 8 heteroatoms. The fourth-order valence-electron chi connectivity index (χ4n) is 4.19. The van der Waals surface area contributed by atoms with Crippen molar-refractivity contribution in [3.8, 4) is 22.6 Å². The highest BCUT2D eigenvalue weighted by Crippen LogP contribution is 2.41.